The van der Waals surface area contributed by atoms with Crippen LogP contribution < -0.4 is 10.6 Å². The first-order valence-electron chi connectivity index (χ1n) is 9.48. The predicted molar refractivity (Wildman–Crippen MR) is 106 cm³/mol. The molecule has 0 saturated carbocycles. The highest BCUT2D eigenvalue weighted by Crippen LogP contribution is 2.27. The molecule has 1 fully saturated rings. The summed E-state index contributed by atoms with van der Waals surface area (Å²) in [5.74, 6) is 1.30. The Hall–Kier alpha value is -3.26. The van der Waals surface area contributed by atoms with Gasteiger partial charge in [-0.1, -0.05) is 19.1 Å². The minimum Gasteiger partial charge on any atom is -0.315 e. The molecule has 0 bridgehead atoms. The minimum absolute atomic E-state index is 0.248. The fourth-order valence-corrected chi connectivity index (χ4v) is 3.43. The maximum absolute atomic E-state index is 12.9. The van der Waals surface area contributed by atoms with E-state index >= 15 is 0 Å². The van der Waals surface area contributed by atoms with Gasteiger partial charge in [0.1, 0.15) is 11.4 Å². The van der Waals surface area contributed by atoms with E-state index < -0.39 is 0 Å². The molecule has 1 unspecified atom stereocenters. The Balaban J connectivity index is 1.49. The van der Waals surface area contributed by atoms with E-state index in [0.717, 1.165) is 30.9 Å². The Morgan fingerprint density at radius 3 is 3.00 bits per heavy atom. The molecule has 4 heterocycles. The Labute approximate surface area is 162 Å². The van der Waals surface area contributed by atoms with Crippen LogP contribution in [0, 0.1) is 5.92 Å². The number of nitrogens with zero attached hydrogens (tertiary/aromatic N) is 5. The number of carbonyl (C=O) groups is 1. The van der Waals surface area contributed by atoms with Gasteiger partial charge in [0.25, 0.3) is 5.91 Å². The molecule has 8 heteroatoms. The van der Waals surface area contributed by atoms with Gasteiger partial charge in [-0.3, -0.25) is 4.79 Å². The predicted octanol–water partition coefficient (Wildman–Crippen LogP) is 2.30. The highest BCUT2D eigenvalue weighted by Gasteiger charge is 2.25. The average Bonchev–Trinajstić information content (AvgIpc) is 3.25. The first-order valence-corrected chi connectivity index (χ1v) is 9.48. The molecule has 0 aromatic carbocycles. The van der Waals surface area contributed by atoms with Gasteiger partial charge in [-0.15, -0.1) is 0 Å². The number of fused-ring (bicyclic) bond motifs is 1. The van der Waals surface area contributed by atoms with E-state index in [1.54, 1.807) is 23.0 Å². The summed E-state index contributed by atoms with van der Waals surface area (Å²) >= 11 is 0. The molecule has 0 spiro atoms. The summed E-state index contributed by atoms with van der Waals surface area (Å²) in [6, 6.07) is 3.74. The second-order valence-corrected chi connectivity index (χ2v) is 7.32. The highest BCUT2D eigenvalue weighted by molar-refractivity contribution is 6.08. The van der Waals surface area contributed by atoms with Crippen LogP contribution in [-0.4, -0.2) is 43.4 Å². The van der Waals surface area contributed by atoms with Gasteiger partial charge in [0, 0.05) is 37.5 Å². The molecule has 0 radical (unpaired) electrons. The summed E-state index contributed by atoms with van der Waals surface area (Å²) in [6.45, 7) is 4.00. The lowest BCUT2D eigenvalue weighted by Crippen LogP contribution is -2.40. The second-order valence-electron chi connectivity index (χ2n) is 7.32. The monoisotopic (exact) mass is 375 g/mol. The number of amides is 1. The first-order chi connectivity index (χ1) is 13.7. The number of hydrogen-bond donors (Lipinski definition) is 2. The van der Waals surface area contributed by atoms with Crippen molar-refractivity contribution in [2.24, 2.45) is 5.92 Å². The van der Waals surface area contributed by atoms with E-state index in [9.17, 15) is 4.79 Å². The molecule has 3 aromatic heterocycles. The van der Waals surface area contributed by atoms with E-state index in [2.05, 4.69) is 45.9 Å². The summed E-state index contributed by atoms with van der Waals surface area (Å²) < 4.78 is 3.42. The SMILES string of the molecule is CC1C=CC(n2nc(C3CNC3)cc2NC(=O)c2cnn3cccnc23)=CC1. The van der Waals surface area contributed by atoms with Crippen LogP contribution in [0.2, 0.25) is 0 Å². The molecular weight excluding hydrogens is 354 g/mol. The number of nitrogens with one attached hydrogen (secondary N) is 2. The van der Waals surface area contributed by atoms with Crippen molar-refractivity contribution >= 4 is 23.1 Å². The largest absolute Gasteiger partial charge is 0.315 e. The summed E-state index contributed by atoms with van der Waals surface area (Å²) in [5.41, 5.74) is 2.92. The average molecular weight is 375 g/mol. The van der Waals surface area contributed by atoms with Gasteiger partial charge in [0.05, 0.1) is 17.6 Å². The van der Waals surface area contributed by atoms with E-state index in [1.165, 1.54) is 6.20 Å². The summed E-state index contributed by atoms with van der Waals surface area (Å²) in [5, 5.41) is 15.3. The quantitative estimate of drug-likeness (QED) is 0.730. The molecule has 1 atom stereocenters. The van der Waals surface area contributed by atoms with Crippen LogP contribution in [0.1, 0.15) is 35.3 Å². The number of allylic oxidation sites excluding steroid dienone is 4. The third-order valence-electron chi connectivity index (χ3n) is 5.23. The van der Waals surface area contributed by atoms with Crippen molar-refractivity contribution in [3.63, 3.8) is 0 Å². The van der Waals surface area contributed by atoms with E-state index in [4.69, 9.17) is 5.10 Å². The lowest BCUT2D eigenvalue weighted by molar-refractivity contribution is 0.102. The smallest absolute Gasteiger partial charge is 0.262 e. The van der Waals surface area contributed by atoms with Crippen LogP contribution in [0.5, 0.6) is 0 Å². The Morgan fingerprint density at radius 1 is 1.36 bits per heavy atom. The minimum atomic E-state index is -0.248. The van der Waals surface area contributed by atoms with Crippen molar-refractivity contribution in [3.05, 3.63) is 60.2 Å². The molecule has 1 saturated heterocycles. The topological polar surface area (TPSA) is 89.1 Å². The fourth-order valence-electron chi connectivity index (χ4n) is 3.43. The van der Waals surface area contributed by atoms with Crippen LogP contribution in [0.4, 0.5) is 5.82 Å². The van der Waals surface area contributed by atoms with Crippen molar-refractivity contribution in [2.75, 3.05) is 18.4 Å². The summed E-state index contributed by atoms with van der Waals surface area (Å²) in [7, 11) is 0. The van der Waals surface area contributed by atoms with Crippen molar-refractivity contribution < 1.29 is 4.79 Å². The number of hydrogen-bond acceptors (Lipinski definition) is 5. The van der Waals surface area contributed by atoms with Crippen LogP contribution in [0.3, 0.4) is 0 Å². The zero-order valence-corrected chi connectivity index (χ0v) is 15.5. The Bertz CT molecular complexity index is 1100. The molecule has 28 heavy (non-hydrogen) atoms. The Kier molecular flexibility index (Phi) is 4.05. The van der Waals surface area contributed by atoms with Gasteiger partial charge < -0.3 is 10.6 Å². The van der Waals surface area contributed by atoms with Crippen LogP contribution >= 0.6 is 0 Å². The molecule has 1 aliphatic carbocycles. The first kappa shape index (κ1) is 16.9. The van der Waals surface area contributed by atoms with Gasteiger partial charge in [-0.05, 0) is 24.5 Å². The molecule has 142 valence electrons. The molecule has 3 aromatic rings. The van der Waals surface area contributed by atoms with Gasteiger partial charge in [0.2, 0.25) is 0 Å². The number of anilines is 1. The third kappa shape index (κ3) is 2.91. The van der Waals surface area contributed by atoms with Crippen LogP contribution in [-0.2, 0) is 0 Å². The van der Waals surface area contributed by atoms with E-state index in [0.29, 0.717) is 28.9 Å². The number of carbonyl (C=O) groups excluding carboxylic acids is 1. The molecule has 1 amide bonds. The lowest BCUT2D eigenvalue weighted by atomic mass is 10.00. The van der Waals surface area contributed by atoms with Crippen LogP contribution in [0.25, 0.3) is 11.3 Å². The molecular formula is C20H21N7O. The molecule has 8 nitrogen and oxygen atoms in total. The maximum Gasteiger partial charge on any atom is 0.262 e. The fraction of sp³-hybridized carbons (Fsp3) is 0.300. The molecule has 1 aliphatic heterocycles. The van der Waals surface area contributed by atoms with Crippen molar-refractivity contribution in [3.8, 4) is 0 Å². The normalized spacial score (nSPS) is 19.5. The van der Waals surface area contributed by atoms with Crippen LogP contribution in [0.15, 0.2) is 49.0 Å². The van der Waals surface area contributed by atoms with Gasteiger partial charge in [-0.2, -0.15) is 10.2 Å². The standard InChI is InChI=1S/C20H21N7O/c1-13-3-5-15(6-4-13)27-18(9-17(25-27)14-10-21-11-14)24-20(28)16-12-23-26-8-2-7-22-19(16)26/h2-3,5-9,12-14,21H,4,10-11H2,1H3,(H,24,28). The lowest BCUT2D eigenvalue weighted by Gasteiger charge is -2.24. The molecule has 2 aliphatic rings. The van der Waals surface area contributed by atoms with Gasteiger partial charge in [-0.25, -0.2) is 14.2 Å². The molecule has 5 rings (SSSR count). The van der Waals surface area contributed by atoms with Crippen molar-refractivity contribution in [1.82, 2.24) is 29.7 Å². The highest BCUT2D eigenvalue weighted by atomic mass is 16.1. The Morgan fingerprint density at radius 2 is 2.25 bits per heavy atom. The number of rotatable bonds is 4. The van der Waals surface area contributed by atoms with Gasteiger partial charge in [0.15, 0.2) is 5.65 Å². The summed E-state index contributed by atoms with van der Waals surface area (Å²) in [6.07, 6.45) is 12.3. The zero-order valence-electron chi connectivity index (χ0n) is 15.5. The second kappa shape index (κ2) is 6.72. The van der Waals surface area contributed by atoms with E-state index in [1.807, 2.05) is 10.7 Å². The zero-order chi connectivity index (χ0) is 19.1. The third-order valence-corrected chi connectivity index (χ3v) is 5.23. The number of aromatic nitrogens is 5. The molecule has 2 N–H and O–H groups in total. The maximum atomic E-state index is 12.9. The van der Waals surface area contributed by atoms with Crippen molar-refractivity contribution in [1.29, 1.82) is 0 Å². The summed E-state index contributed by atoms with van der Waals surface area (Å²) in [4.78, 5) is 17.2. The van der Waals surface area contributed by atoms with Crippen molar-refractivity contribution in [2.45, 2.75) is 19.3 Å². The van der Waals surface area contributed by atoms with Gasteiger partial charge >= 0.3 is 0 Å². The van der Waals surface area contributed by atoms with E-state index in [-0.39, 0.29) is 5.91 Å².